The van der Waals surface area contributed by atoms with Gasteiger partial charge in [0.1, 0.15) is 10.3 Å². The molecule has 2 aromatic rings. The van der Waals surface area contributed by atoms with Gasteiger partial charge >= 0.3 is 0 Å². The molecule has 1 aromatic carbocycles. The maximum absolute atomic E-state index is 12.9. The molecule has 0 radical (unpaired) electrons. The number of piperidine rings is 1. The van der Waals surface area contributed by atoms with Crippen LogP contribution in [0.25, 0.3) is 0 Å². The van der Waals surface area contributed by atoms with Crippen LogP contribution in [0.4, 0.5) is 5.69 Å². The summed E-state index contributed by atoms with van der Waals surface area (Å²) in [5.41, 5.74) is 1.70. The maximum atomic E-state index is 12.9. The number of benzene rings is 1. The van der Waals surface area contributed by atoms with E-state index in [0.29, 0.717) is 23.0 Å². The zero-order valence-electron chi connectivity index (χ0n) is 13.7. The van der Waals surface area contributed by atoms with E-state index in [1.54, 1.807) is 12.1 Å². The summed E-state index contributed by atoms with van der Waals surface area (Å²) in [4.78, 5) is 12.7. The first kappa shape index (κ1) is 18.4. The van der Waals surface area contributed by atoms with Crippen LogP contribution < -0.4 is 5.32 Å². The van der Waals surface area contributed by atoms with Crippen molar-refractivity contribution in [2.75, 3.05) is 11.9 Å². The predicted octanol–water partition coefficient (Wildman–Crippen LogP) is 3.89. The van der Waals surface area contributed by atoms with Crippen molar-refractivity contribution in [2.45, 2.75) is 36.4 Å². The zero-order chi connectivity index (χ0) is 18.0. The Morgan fingerprint density at radius 2 is 2.08 bits per heavy atom. The summed E-state index contributed by atoms with van der Waals surface area (Å²) in [5, 5.41) is 2.84. The van der Waals surface area contributed by atoms with E-state index >= 15 is 0 Å². The molecule has 1 atom stereocenters. The molecule has 1 aromatic heterocycles. The molecule has 0 spiro atoms. The molecule has 1 aliphatic heterocycles. The number of nitrogens with zero attached hydrogens (tertiary/aromatic N) is 1. The quantitative estimate of drug-likeness (QED) is 0.849. The largest absolute Gasteiger partial charge is 0.325 e. The van der Waals surface area contributed by atoms with Gasteiger partial charge in [-0.05, 0) is 49.6 Å². The second kappa shape index (κ2) is 7.45. The highest BCUT2D eigenvalue weighted by Gasteiger charge is 2.38. The lowest BCUT2D eigenvalue weighted by molar-refractivity contribution is -0.120. The van der Waals surface area contributed by atoms with Gasteiger partial charge in [-0.1, -0.05) is 30.2 Å². The van der Waals surface area contributed by atoms with E-state index in [2.05, 4.69) is 5.32 Å². The van der Waals surface area contributed by atoms with Gasteiger partial charge in [0.05, 0.1) is 4.34 Å². The Kier molecular flexibility index (Phi) is 5.48. The molecular weight excluding hydrogens is 380 g/mol. The lowest BCUT2D eigenvalue weighted by atomic mass is 10.0. The molecule has 5 nitrogen and oxygen atoms in total. The number of hydrogen-bond donors (Lipinski definition) is 1. The first-order valence-corrected chi connectivity index (χ1v) is 10.7. The standard InChI is InChI=1S/C17H19ClN2O3S2/c1-12-5-4-6-13(11-12)19-17(21)14-7-2-3-10-20(14)25(22,23)16-9-8-15(18)24-16/h4-6,8-9,11,14H,2-3,7,10H2,1H3,(H,19,21)/t14-/m1/s1. The molecule has 1 N–H and O–H groups in total. The Balaban J connectivity index is 1.84. The molecular formula is C17H19ClN2O3S2. The number of halogens is 1. The van der Waals surface area contributed by atoms with Crippen LogP contribution in [-0.4, -0.2) is 31.2 Å². The predicted molar refractivity (Wildman–Crippen MR) is 101 cm³/mol. The van der Waals surface area contributed by atoms with Crippen LogP contribution in [0, 0.1) is 6.92 Å². The SMILES string of the molecule is Cc1cccc(NC(=O)[C@H]2CCCCN2S(=O)(=O)c2ccc(Cl)s2)c1. The van der Waals surface area contributed by atoms with E-state index < -0.39 is 16.1 Å². The van der Waals surface area contributed by atoms with Gasteiger partial charge in [-0.25, -0.2) is 8.42 Å². The number of nitrogens with one attached hydrogen (secondary N) is 1. The molecule has 1 aliphatic rings. The van der Waals surface area contributed by atoms with Gasteiger partial charge in [-0.3, -0.25) is 4.79 Å². The Labute approximate surface area is 156 Å². The maximum Gasteiger partial charge on any atom is 0.253 e. The van der Waals surface area contributed by atoms with E-state index in [-0.39, 0.29) is 10.1 Å². The lowest BCUT2D eigenvalue weighted by Gasteiger charge is -2.33. The lowest BCUT2D eigenvalue weighted by Crippen LogP contribution is -2.49. The Hall–Kier alpha value is -1.41. The summed E-state index contributed by atoms with van der Waals surface area (Å²) in [6.45, 7) is 2.28. The molecule has 1 saturated heterocycles. The number of rotatable bonds is 4. The highest BCUT2D eigenvalue weighted by Crippen LogP contribution is 2.32. The third-order valence-corrected chi connectivity index (χ3v) is 7.76. The topological polar surface area (TPSA) is 66.5 Å². The minimum Gasteiger partial charge on any atom is -0.325 e. The first-order chi connectivity index (χ1) is 11.9. The van der Waals surface area contributed by atoms with Gasteiger partial charge in [0.15, 0.2) is 0 Å². The Morgan fingerprint density at radius 1 is 1.28 bits per heavy atom. The monoisotopic (exact) mass is 398 g/mol. The molecule has 25 heavy (non-hydrogen) atoms. The summed E-state index contributed by atoms with van der Waals surface area (Å²) < 4.78 is 27.7. The molecule has 0 saturated carbocycles. The van der Waals surface area contributed by atoms with Crippen molar-refractivity contribution in [1.82, 2.24) is 4.31 Å². The van der Waals surface area contributed by atoms with Crippen LogP contribution in [0.2, 0.25) is 4.34 Å². The number of anilines is 1. The van der Waals surface area contributed by atoms with Crippen LogP contribution in [0.3, 0.4) is 0 Å². The van der Waals surface area contributed by atoms with E-state index in [9.17, 15) is 13.2 Å². The van der Waals surface area contributed by atoms with Crippen molar-refractivity contribution < 1.29 is 13.2 Å². The molecule has 8 heteroatoms. The van der Waals surface area contributed by atoms with Crippen LogP contribution in [0.15, 0.2) is 40.6 Å². The molecule has 0 unspecified atom stereocenters. The summed E-state index contributed by atoms with van der Waals surface area (Å²) in [6.07, 6.45) is 2.08. The molecule has 134 valence electrons. The van der Waals surface area contributed by atoms with Crippen molar-refractivity contribution in [1.29, 1.82) is 0 Å². The summed E-state index contributed by atoms with van der Waals surface area (Å²) in [5.74, 6) is -0.295. The highest BCUT2D eigenvalue weighted by atomic mass is 35.5. The smallest absolute Gasteiger partial charge is 0.253 e. The van der Waals surface area contributed by atoms with Crippen molar-refractivity contribution >= 4 is 44.6 Å². The molecule has 0 bridgehead atoms. The number of hydrogen-bond acceptors (Lipinski definition) is 4. The van der Waals surface area contributed by atoms with Crippen molar-refractivity contribution in [3.63, 3.8) is 0 Å². The van der Waals surface area contributed by atoms with E-state index in [4.69, 9.17) is 11.6 Å². The Morgan fingerprint density at radius 3 is 2.76 bits per heavy atom. The number of carbonyl (C=O) groups excluding carboxylic acids is 1. The minimum absolute atomic E-state index is 0.174. The fourth-order valence-corrected chi connectivity index (χ4v) is 6.22. The van der Waals surface area contributed by atoms with Crippen LogP contribution in [0.1, 0.15) is 24.8 Å². The zero-order valence-corrected chi connectivity index (χ0v) is 16.1. The fourth-order valence-electron chi connectivity index (χ4n) is 2.96. The van der Waals surface area contributed by atoms with Crippen molar-refractivity contribution in [3.8, 4) is 0 Å². The number of carbonyl (C=O) groups is 1. The normalized spacial score (nSPS) is 18.9. The number of sulfonamides is 1. The molecule has 1 amide bonds. The Bertz CT molecular complexity index is 880. The minimum atomic E-state index is -3.73. The molecule has 0 aliphatic carbocycles. The molecule has 3 rings (SSSR count). The third-order valence-electron chi connectivity index (χ3n) is 4.15. The summed E-state index contributed by atoms with van der Waals surface area (Å²) >= 11 is 6.89. The van der Waals surface area contributed by atoms with Gasteiger partial charge in [-0.15, -0.1) is 11.3 Å². The van der Waals surface area contributed by atoms with E-state index in [0.717, 1.165) is 29.7 Å². The highest BCUT2D eigenvalue weighted by molar-refractivity contribution is 7.91. The van der Waals surface area contributed by atoms with Gasteiger partial charge < -0.3 is 5.32 Å². The second-order valence-corrected chi connectivity index (χ2v) is 9.88. The molecule has 1 fully saturated rings. The van der Waals surface area contributed by atoms with Crippen molar-refractivity contribution in [3.05, 3.63) is 46.3 Å². The average molecular weight is 399 g/mol. The van der Waals surface area contributed by atoms with E-state index in [1.165, 1.54) is 10.4 Å². The fraction of sp³-hybridized carbons (Fsp3) is 0.353. The van der Waals surface area contributed by atoms with Gasteiger partial charge in [0, 0.05) is 12.2 Å². The van der Waals surface area contributed by atoms with Gasteiger partial charge in [0.2, 0.25) is 5.91 Å². The van der Waals surface area contributed by atoms with Gasteiger partial charge in [0.25, 0.3) is 10.0 Å². The number of thiophene rings is 1. The van der Waals surface area contributed by atoms with Gasteiger partial charge in [-0.2, -0.15) is 4.31 Å². The van der Waals surface area contributed by atoms with E-state index in [1.807, 2.05) is 25.1 Å². The average Bonchev–Trinajstić information content (AvgIpc) is 3.02. The summed E-state index contributed by atoms with van der Waals surface area (Å²) in [6, 6.07) is 9.79. The first-order valence-electron chi connectivity index (χ1n) is 8.02. The third kappa shape index (κ3) is 4.06. The second-order valence-electron chi connectivity index (χ2n) is 6.04. The van der Waals surface area contributed by atoms with Crippen LogP contribution >= 0.6 is 22.9 Å². The number of aryl methyl sites for hydroxylation is 1. The van der Waals surface area contributed by atoms with Crippen molar-refractivity contribution in [2.24, 2.45) is 0 Å². The van der Waals surface area contributed by atoms with Crippen LogP contribution in [-0.2, 0) is 14.8 Å². The van der Waals surface area contributed by atoms with Crippen LogP contribution in [0.5, 0.6) is 0 Å². The number of amides is 1. The molecule has 2 heterocycles. The summed E-state index contributed by atoms with van der Waals surface area (Å²) in [7, 11) is -3.73.